The van der Waals surface area contributed by atoms with E-state index in [0.29, 0.717) is 5.02 Å². The smallest absolute Gasteiger partial charge is 0.234 e. The standard InChI is InChI=1S/C11H15ClN2O/c1-7(14-8(2)11(13)15)9-5-3-4-6-10(9)12/h3-8,14H,1-2H3,(H2,13,15)/t7-,8-/m0/s1. The predicted octanol–water partition coefficient (Wildman–Crippen LogP) is 1.86. The van der Waals surface area contributed by atoms with Gasteiger partial charge in [0.2, 0.25) is 5.91 Å². The lowest BCUT2D eigenvalue weighted by atomic mass is 10.1. The van der Waals surface area contributed by atoms with Crippen molar-refractivity contribution in [3.8, 4) is 0 Å². The minimum Gasteiger partial charge on any atom is -0.368 e. The zero-order valence-corrected chi connectivity index (χ0v) is 9.58. The van der Waals surface area contributed by atoms with E-state index < -0.39 is 0 Å². The maximum Gasteiger partial charge on any atom is 0.234 e. The normalized spacial score (nSPS) is 14.6. The van der Waals surface area contributed by atoms with Gasteiger partial charge in [0.15, 0.2) is 0 Å². The molecule has 0 fully saturated rings. The van der Waals surface area contributed by atoms with Gasteiger partial charge in [0.05, 0.1) is 6.04 Å². The lowest BCUT2D eigenvalue weighted by molar-refractivity contribution is -0.119. The minimum absolute atomic E-state index is 0.00111. The van der Waals surface area contributed by atoms with Gasteiger partial charge in [-0.2, -0.15) is 0 Å². The van der Waals surface area contributed by atoms with Crippen molar-refractivity contribution >= 4 is 17.5 Å². The maximum atomic E-state index is 10.9. The molecule has 0 radical (unpaired) electrons. The van der Waals surface area contributed by atoms with E-state index >= 15 is 0 Å². The first kappa shape index (κ1) is 12.0. The van der Waals surface area contributed by atoms with Crippen molar-refractivity contribution in [1.29, 1.82) is 0 Å². The van der Waals surface area contributed by atoms with Crippen molar-refractivity contribution in [3.63, 3.8) is 0 Å². The molecule has 0 aliphatic rings. The van der Waals surface area contributed by atoms with Gasteiger partial charge in [0.25, 0.3) is 0 Å². The van der Waals surface area contributed by atoms with Crippen LogP contribution in [-0.4, -0.2) is 11.9 Å². The molecule has 1 aromatic carbocycles. The van der Waals surface area contributed by atoms with Crippen LogP contribution in [0.15, 0.2) is 24.3 Å². The van der Waals surface area contributed by atoms with Crippen molar-refractivity contribution in [2.24, 2.45) is 5.73 Å². The predicted molar refractivity (Wildman–Crippen MR) is 61.7 cm³/mol. The Kier molecular flexibility index (Phi) is 4.12. The Labute approximate surface area is 94.6 Å². The Balaban J connectivity index is 2.73. The molecule has 0 aliphatic heterocycles. The van der Waals surface area contributed by atoms with Gasteiger partial charge in [-0.1, -0.05) is 29.8 Å². The number of hydrogen-bond donors (Lipinski definition) is 2. The molecular formula is C11H15ClN2O. The first-order chi connectivity index (χ1) is 7.02. The van der Waals surface area contributed by atoms with Crippen LogP contribution < -0.4 is 11.1 Å². The molecule has 4 heteroatoms. The molecule has 1 amide bonds. The number of carbonyl (C=O) groups excluding carboxylic acids is 1. The number of primary amides is 1. The van der Waals surface area contributed by atoms with Gasteiger partial charge in [-0.3, -0.25) is 10.1 Å². The first-order valence-corrected chi connectivity index (χ1v) is 5.20. The van der Waals surface area contributed by atoms with E-state index in [0.717, 1.165) is 5.56 Å². The third kappa shape index (κ3) is 3.22. The van der Waals surface area contributed by atoms with Crippen molar-refractivity contribution in [3.05, 3.63) is 34.9 Å². The van der Waals surface area contributed by atoms with Crippen molar-refractivity contribution in [2.45, 2.75) is 25.9 Å². The largest absolute Gasteiger partial charge is 0.368 e. The molecule has 0 saturated carbocycles. The molecule has 15 heavy (non-hydrogen) atoms. The molecule has 0 bridgehead atoms. The number of hydrogen-bond acceptors (Lipinski definition) is 2. The molecule has 0 unspecified atom stereocenters. The molecule has 1 rings (SSSR count). The summed E-state index contributed by atoms with van der Waals surface area (Å²) in [7, 11) is 0. The Morgan fingerprint density at radius 2 is 2.00 bits per heavy atom. The summed E-state index contributed by atoms with van der Waals surface area (Å²) in [4.78, 5) is 10.9. The number of carbonyl (C=O) groups is 1. The zero-order valence-electron chi connectivity index (χ0n) is 8.83. The Morgan fingerprint density at radius 1 is 1.40 bits per heavy atom. The summed E-state index contributed by atoms with van der Waals surface area (Å²) >= 11 is 6.03. The summed E-state index contributed by atoms with van der Waals surface area (Å²) in [6, 6.07) is 7.17. The summed E-state index contributed by atoms with van der Waals surface area (Å²) in [5, 5.41) is 3.77. The number of amides is 1. The Hall–Kier alpha value is -1.06. The first-order valence-electron chi connectivity index (χ1n) is 4.82. The molecule has 0 heterocycles. The molecule has 2 atom stereocenters. The third-order valence-corrected chi connectivity index (χ3v) is 2.64. The van der Waals surface area contributed by atoms with Gasteiger partial charge in [0.1, 0.15) is 0 Å². The molecule has 3 N–H and O–H groups in total. The highest BCUT2D eigenvalue weighted by Gasteiger charge is 2.14. The molecule has 0 saturated heterocycles. The van der Waals surface area contributed by atoms with Gasteiger partial charge in [-0.15, -0.1) is 0 Å². The highest BCUT2D eigenvalue weighted by Crippen LogP contribution is 2.22. The van der Waals surface area contributed by atoms with Crippen molar-refractivity contribution in [2.75, 3.05) is 0 Å². The maximum absolute atomic E-state index is 10.9. The average molecular weight is 227 g/mol. The average Bonchev–Trinajstić information content (AvgIpc) is 2.18. The molecule has 1 aromatic rings. The van der Waals surface area contributed by atoms with E-state index in [-0.39, 0.29) is 18.0 Å². The number of nitrogens with one attached hydrogen (secondary N) is 1. The van der Waals surface area contributed by atoms with Crippen molar-refractivity contribution in [1.82, 2.24) is 5.32 Å². The highest BCUT2D eigenvalue weighted by molar-refractivity contribution is 6.31. The fourth-order valence-corrected chi connectivity index (χ4v) is 1.67. The van der Waals surface area contributed by atoms with E-state index in [1.165, 1.54) is 0 Å². The number of nitrogens with two attached hydrogens (primary N) is 1. The molecular weight excluding hydrogens is 212 g/mol. The van der Waals surface area contributed by atoms with Crippen LogP contribution in [0.5, 0.6) is 0 Å². The van der Waals surface area contributed by atoms with Crippen LogP contribution in [-0.2, 0) is 4.79 Å². The summed E-state index contributed by atoms with van der Waals surface area (Å²) < 4.78 is 0. The summed E-state index contributed by atoms with van der Waals surface area (Å²) in [6.45, 7) is 3.68. The van der Waals surface area contributed by atoms with E-state index in [9.17, 15) is 4.79 Å². The van der Waals surface area contributed by atoms with Crippen LogP contribution in [0.3, 0.4) is 0 Å². The second kappa shape index (κ2) is 5.14. The van der Waals surface area contributed by atoms with E-state index in [1.54, 1.807) is 6.92 Å². The third-order valence-electron chi connectivity index (χ3n) is 2.30. The minimum atomic E-state index is -0.367. The zero-order chi connectivity index (χ0) is 11.4. The van der Waals surface area contributed by atoms with Crippen LogP contribution >= 0.6 is 11.6 Å². The van der Waals surface area contributed by atoms with Crippen LogP contribution in [0.1, 0.15) is 25.5 Å². The highest BCUT2D eigenvalue weighted by atomic mass is 35.5. The topological polar surface area (TPSA) is 55.1 Å². The number of rotatable bonds is 4. The van der Waals surface area contributed by atoms with Gasteiger partial charge >= 0.3 is 0 Å². The number of benzene rings is 1. The van der Waals surface area contributed by atoms with Gasteiger partial charge < -0.3 is 5.73 Å². The van der Waals surface area contributed by atoms with Gasteiger partial charge in [-0.25, -0.2) is 0 Å². The van der Waals surface area contributed by atoms with Crippen LogP contribution in [0, 0.1) is 0 Å². The second-order valence-electron chi connectivity index (χ2n) is 3.53. The summed E-state index contributed by atoms with van der Waals surface area (Å²) in [6.07, 6.45) is 0. The van der Waals surface area contributed by atoms with E-state index in [4.69, 9.17) is 17.3 Å². The summed E-state index contributed by atoms with van der Waals surface area (Å²) in [5.41, 5.74) is 6.13. The molecule has 82 valence electrons. The van der Waals surface area contributed by atoms with E-state index in [1.807, 2.05) is 31.2 Å². The molecule has 3 nitrogen and oxygen atoms in total. The SMILES string of the molecule is C[C@H](N[C@@H](C)c1ccccc1Cl)C(N)=O. The lowest BCUT2D eigenvalue weighted by Crippen LogP contribution is -2.40. The van der Waals surface area contributed by atoms with Crippen LogP contribution in [0.2, 0.25) is 5.02 Å². The lowest BCUT2D eigenvalue weighted by Gasteiger charge is -2.18. The fraction of sp³-hybridized carbons (Fsp3) is 0.364. The Morgan fingerprint density at radius 3 is 2.53 bits per heavy atom. The summed E-state index contributed by atoms with van der Waals surface area (Å²) in [5.74, 6) is -0.367. The Bertz CT molecular complexity index is 354. The molecule has 0 aromatic heterocycles. The van der Waals surface area contributed by atoms with E-state index in [2.05, 4.69) is 5.32 Å². The molecule has 0 aliphatic carbocycles. The number of halogens is 1. The van der Waals surface area contributed by atoms with Gasteiger partial charge in [0, 0.05) is 11.1 Å². The molecule has 0 spiro atoms. The van der Waals surface area contributed by atoms with Gasteiger partial charge in [-0.05, 0) is 25.5 Å². The quantitative estimate of drug-likeness (QED) is 0.824. The fourth-order valence-electron chi connectivity index (χ4n) is 1.37. The van der Waals surface area contributed by atoms with Crippen LogP contribution in [0.25, 0.3) is 0 Å². The monoisotopic (exact) mass is 226 g/mol. The van der Waals surface area contributed by atoms with Crippen LogP contribution in [0.4, 0.5) is 0 Å². The van der Waals surface area contributed by atoms with Crippen molar-refractivity contribution < 1.29 is 4.79 Å². The second-order valence-corrected chi connectivity index (χ2v) is 3.94.